The van der Waals surface area contributed by atoms with Crippen LogP contribution in [0.5, 0.6) is 0 Å². The number of hydrogen-bond donors (Lipinski definition) is 4. The molecule has 0 fully saturated rings. The molecule has 3 rings (SSSR count). The number of nitrogens with two attached hydrogens (primary N) is 2. The first-order chi connectivity index (χ1) is 14.1. The van der Waals surface area contributed by atoms with Crippen LogP contribution in [0.25, 0.3) is 11.3 Å². The Bertz CT molecular complexity index is 1090. The quantitative estimate of drug-likeness (QED) is 0.523. The first kappa shape index (κ1) is 20.9. The molecule has 0 atom stereocenters. The highest BCUT2D eigenvalue weighted by atomic mass is 16.2. The van der Waals surface area contributed by atoms with Gasteiger partial charge in [-0.15, -0.1) is 0 Å². The van der Waals surface area contributed by atoms with Crippen LogP contribution in [0.1, 0.15) is 36.7 Å². The lowest BCUT2D eigenvalue weighted by molar-refractivity contribution is 0.100. The van der Waals surface area contributed by atoms with Gasteiger partial charge in [0.25, 0.3) is 5.91 Å². The number of aromatic nitrogens is 2. The number of urea groups is 1. The van der Waals surface area contributed by atoms with Gasteiger partial charge in [-0.25, -0.2) is 9.48 Å². The van der Waals surface area contributed by atoms with E-state index in [0.717, 1.165) is 11.3 Å². The summed E-state index contributed by atoms with van der Waals surface area (Å²) in [6.07, 6.45) is 0. The molecule has 8 nitrogen and oxygen atoms in total. The number of hydrogen-bond acceptors (Lipinski definition) is 4. The Hall–Kier alpha value is -3.81. The predicted octanol–water partition coefficient (Wildman–Crippen LogP) is 3.94. The fraction of sp³-hybridized carbons (Fsp3) is 0.227. The van der Waals surface area contributed by atoms with Crippen LogP contribution in [0.15, 0.2) is 48.5 Å². The molecule has 0 aliphatic rings. The zero-order valence-corrected chi connectivity index (χ0v) is 17.5. The molecular weight excluding hydrogens is 380 g/mol. The van der Waals surface area contributed by atoms with Crippen LogP contribution in [0, 0.1) is 6.92 Å². The van der Waals surface area contributed by atoms with E-state index in [2.05, 4.69) is 15.7 Å². The molecule has 8 heteroatoms. The first-order valence-corrected chi connectivity index (χ1v) is 9.51. The van der Waals surface area contributed by atoms with Crippen molar-refractivity contribution in [2.75, 3.05) is 16.4 Å². The van der Waals surface area contributed by atoms with Gasteiger partial charge in [-0.3, -0.25) is 4.79 Å². The molecule has 6 N–H and O–H groups in total. The van der Waals surface area contributed by atoms with Gasteiger partial charge in [0.05, 0.1) is 5.54 Å². The van der Waals surface area contributed by atoms with Crippen LogP contribution >= 0.6 is 0 Å². The Morgan fingerprint density at radius 1 is 1.00 bits per heavy atom. The monoisotopic (exact) mass is 406 g/mol. The van der Waals surface area contributed by atoms with Crippen LogP contribution in [-0.2, 0) is 5.54 Å². The predicted molar refractivity (Wildman–Crippen MR) is 119 cm³/mol. The summed E-state index contributed by atoms with van der Waals surface area (Å²) < 4.78 is 1.59. The lowest BCUT2D eigenvalue weighted by Crippen LogP contribution is -2.25. The smallest absolute Gasteiger partial charge is 0.323 e. The van der Waals surface area contributed by atoms with E-state index in [0.29, 0.717) is 16.9 Å². The maximum absolute atomic E-state index is 12.3. The van der Waals surface area contributed by atoms with Gasteiger partial charge in [0, 0.05) is 16.9 Å². The summed E-state index contributed by atoms with van der Waals surface area (Å²) in [6.45, 7) is 7.73. The van der Waals surface area contributed by atoms with Crippen molar-refractivity contribution in [3.8, 4) is 11.3 Å². The fourth-order valence-electron chi connectivity index (χ4n) is 3.10. The maximum Gasteiger partial charge on any atom is 0.323 e. The summed E-state index contributed by atoms with van der Waals surface area (Å²) in [5.41, 5.74) is 14.8. The van der Waals surface area contributed by atoms with E-state index in [1.165, 1.54) is 0 Å². The molecule has 0 unspecified atom stereocenters. The highest BCUT2D eigenvalue weighted by Crippen LogP contribution is 2.31. The Morgan fingerprint density at radius 3 is 2.20 bits per heavy atom. The number of carbonyl (C=O) groups is 2. The van der Waals surface area contributed by atoms with Crippen molar-refractivity contribution >= 4 is 29.1 Å². The lowest BCUT2D eigenvalue weighted by atomic mass is 10.1. The molecular formula is C22H26N6O2. The number of para-hydroxylation sites is 1. The van der Waals surface area contributed by atoms with Gasteiger partial charge in [-0.1, -0.05) is 30.3 Å². The summed E-state index contributed by atoms with van der Waals surface area (Å²) in [7, 11) is 0. The summed E-state index contributed by atoms with van der Waals surface area (Å²) in [5.74, 6) is -0.414. The van der Waals surface area contributed by atoms with Gasteiger partial charge < -0.3 is 22.1 Å². The SMILES string of the molecule is Cc1ccccc1NC(=O)Nc1ccc(-c2nn(C(C)(C)C)c(N)c2C(N)=O)cc1. The highest BCUT2D eigenvalue weighted by molar-refractivity contribution is 6.04. The molecule has 0 radical (unpaired) electrons. The third-order valence-corrected chi connectivity index (χ3v) is 4.61. The number of nitrogens with zero attached hydrogens (tertiary/aromatic N) is 2. The molecule has 30 heavy (non-hydrogen) atoms. The largest absolute Gasteiger partial charge is 0.383 e. The molecule has 3 amide bonds. The summed E-state index contributed by atoms with van der Waals surface area (Å²) in [5, 5.41) is 10.1. The van der Waals surface area contributed by atoms with Crippen LogP contribution in [-0.4, -0.2) is 21.7 Å². The number of benzene rings is 2. The molecule has 0 saturated heterocycles. The van der Waals surface area contributed by atoms with Crippen molar-refractivity contribution in [2.24, 2.45) is 5.73 Å². The Kier molecular flexibility index (Phi) is 5.51. The van der Waals surface area contributed by atoms with Gasteiger partial charge in [-0.2, -0.15) is 5.10 Å². The Labute approximate surface area is 175 Å². The minimum atomic E-state index is -0.641. The third-order valence-electron chi connectivity index (χ3n) is 4.61. The van der Waals surface area contributed by atoms with Crippen molar-refractivity contribution in [3.05, 3.63) is 59.7 Å². The average Bonchev–Trinajstić information content (AvgIpc) is 3.02. The number of anilines is 3. The molecule has 0 aliphatic carbocycles. The van der Waals surface area contributed by atoms with E-state index in [-0.39, 0.29) is 17.4 Å². The van der Waals surface area contributed by atoms with Gasteiger partial charge >= 0.3 is 6.03 Å². The molecule has 0 bridgehead atoms. The summed E-state index contributed by atoms with van der Waals surface area (Å²) in [4.78, 5) is 24.3. The summed E-state index contributed by atoms with van der Waals surface area (Å²) in [6, 6.07) is 14.1. The second kappa shape index (κ2) is 7.90. The minimum Gasteiger partial charge on any atom is -0.383 e. The topological polar surface area (TPSA) is 128 Å². The number of rotatable bonds is 4. The molecule has 0 spiro atoms. The fourth-order valence-corrected chi connectivity index (χ4v) is 3.10. The van der Waals surface area contributed by atoms with Gasteiger partial charge in [-0.05, 0) is 51.5 Å². The van der Waals surface area contributed by atoms with Gasteiger partial charge in [0.15, 0.2) is 0 Å². The van der Waals surface area contributed by atoms with Gasteiger partial charge in [0.1, 0.15) is 17.1 Å². The Morgan fingerprint density at radius 2 is 1.63 bits per heavy atom. The number of nitrogens with one attached hydrogen (secondary N) is 2. The van der Waals surface area contributed by atoms with E-state index >= 15 is 0 Å². The number of nitrogen functional groups attached to an aromatic ring is 1. The number of primary amides is 1. The van der Waals surface area contributed by atoms with Crippen molar-refractivity contribution in [1.82, 2.24) is 9.78 Å². The standard InChI is InChI=1S/C22H26N6O2/c1-13-7-5-6-8-16(13)26-21(30)25-15-11-9-14(10-12-15)18-17(20(24)29)19(23)28(27-18)22(2,3)4/h5-12H,23H2,1-4H3,(H2,24,29)(H2,25,26,30). The van der Waals surface area contributed by atoms with Crippen LogP contribution in [0.2, 0.25) is 0 Å². The highest BCUT2D eigenvalue weighted by Gasteiger charge is 2.26. The van der Waals surface area contributed by atoms with E-state index in [4.69, 9.17) is 11.5 Å². The average molecular weight is 406 g/mol. The van der Waals surface area contributed by atoms with Crippen LogP contribution < -0.4 is 22.1 Å². The van der Waals surface area contributed by atoms with E-state index in [1.807, 2.05) is 52.0 Å². The zero-order valence-electron chi connectivity index (χ0n) is 17.5. The Balaban J connectivity index is 1.83. The molecule has 1 heterocycles. The van der Waals surface area contributed by atoms with Crippen molar-refractivity contribution in [3.63, 3.8) is 0 Å². The van der Waals surface area contributed by atoms with Crippen LogP contribution in [0.3, 0.4) is 0 Å². The van der Waals surface area contributed by atoms with Crippen molar-refractivity contribution in [2.45, 2.75) is 33.2 Å². The van der Waals surface area contributed by atoms with Gasteiger partial charge in [0.2, 0.25) is 0 Å². The molecule has 2 aromatic carbocycles. The maximum atomic E-state index is 12.3. The van der Waals surface area contributed by atoms with E-state index < -0.39 is 11.4 Å². The second-order valence-corrected chi connectivity index (χ2v) is 8.03. The number of amides is 3. The second-order valence-electron chi connectivity index (χ2n) is 8.03. The van der Waals surface area contributed by atoms with E-state index in [9.17, 15) is 9.59 Å². The molecule has 3 aromatic rings. The number of aryl methyl sites for hydroxylation is 1. The normalized spacial score (nSPS) is 11.2. The third kappa shape index (κ3) is 4.27. The molecule has 0 saturated carbocycles. The first-order valence-electron chi connectivity index (χ1n) is 9.51. The zero-order chi connectivity index (χ0) is 22.1. The number of carbonyl (C=O) groups excluding carboxylic acids is 2. The molecule has 0 aliphatic heterocycles. The van der Waals surface area contributed by atoms with E-state index in [1.54, 1.807) is 28.9 Å². The summed E-state index contributed by atoms with van der Waals surface area (Å²) >= 11 is 0. The molecule has 1 aromatic heterocycles. The lowest BCUT2D eigenvalue weighted by Gasteiger charge is -2.20. The van der Waals surface area contributed by atoms with Crippen molar-refractivity contribution < 1.29 is 9.59 Å². The minimum absolute atomic E-state index is 0.183. The molecule has 156 valence electrons. The van der Waals surface area contributed by atoms with Crippen LogP contribution in [0.4, 0.5) is 22.0 Å². The van der Waals surface area contributed by atoms with Crippen molar-refractivity contribution in [1.29, 1.82) is 0 Å².